The number of fused-ring (bicyclic) bond motifs is 3. The fourth-order valence-corrected chi connectivity index (χ4v) is 8.94. The Morgan fingerprint density at radius 2 is 0.645 bits per heavy atom. The van der Waals surface area contributed by atoms with Crippen LogP contribution in [0.2, 0.25) is 0 Å². The molecule has 0 saturated carbocycles. The standard InChI is InChI=1S/C60H42N2/c1-5-15-43(16-6-1)45-25-27-46(28-26-45)48-31-36-53(37-32-48)61(52-34-29-47(30-35-52)44-17-7-2-8-18-44)54-38-39-55(57(42-54)49-19-9-3-10-20-49)50-33-40-60-58(41-50)56-23-13-14-24-59(56)62(60)51-21-11-4-12-22-51/h1-42H. The van der Waals surface area contributed by atoms with Crippen LogP contribution in [0, 0.1) is 0 Å². The van der Waals surface area contributed by atoms with Gasteiger partial charge in [0.15, 0.2) is 0 Å². The summed E-state index contributed by atoms with van der Waals surface area (Å²) in [5, 5.41) is 2.48. The van der Waals surface area contributed by atoms with Gasteiger partial charge in [-0.15, -0.1) is 0 Å². The van der Waals surface area contributed by atoms with Crippen molar-refractivity contribution in [2.75, 3.05) is 4.90 Å². The van der Waals surface area contributed by atoms with Gasteiger partial charge in [0.2, 0.25) is 0 Å². The first-order valence-corrected chi connectivity index (χ1v) is 21.3. The highest BCUT2D eigenvalue weighted by Gasteiger charge is 2.19. The number of aromatic nitrogens is 1. The molecule has 0 aliphatic heterocycles. The minimum absolute atomic E-state index is 1.08. The zero-order valence-corrected chi connectivity index (χ0v) is 34.1. The van der Waals surface area contributed by atoms with Gasteiger partial charge in [-0.2, -0.15) is 0 Å². The molecule has 0 atom stereocenters. The SMILES string of the molecule is c1ccc(-c2ccc(-c3ccc(N(c4ccc(-c5ccccc5)cc4)c4ccc(-c5ccc6c(c5)c5ccccc5n6-c5ccccc5)c(-c5ccccc5)c4)cc3)cc2)cc1. The van der Waals surface area contributed by atoms with Gasteiger partial charge in [0.25, 0.3) is 0 Å². The molecule has 0 spiro atoms. The summed E-state index contributed by atoms with van der Waals surface area (Å²) >= 11 is 0. The van der Waals surface area contributed by atoms with Gasteiger partial charge in [-0.3, -0.25) is 0 Å². The van der Waals surface area contributed by atoms with E-state index in [-0.39, 0.29) is 0 Å². The quantitative estimate of drug-likeness (QED) is 0.141. The van der Waals surface area contributed by atoms with Gasteiger partial charge >= 0.3 is 0 Å². The van der Waals surface area contributed by atoms with E-state index in [1.54, 1.807) is 0 Å². The Hall–Kier alpha value is -8.20. The first-order valence-electron chi connectivity index (χ1n) is 21.3. The summed E-state index contributed by atoms with van der Waals surface area (Å²) in [7, 11) is 0. The number of benzene rings is 10. The molecule has 0 saturated heterocycles. The smallest absolute Gasteiger partial charge is 0.0541 e. The maximum absolute atomic E-state index is 2.38. The number of hydrogen-bond donors (Lipinski definition) is 0. The van der Waals surface area contributed by atoms with Crippen LogP contribution in [0.25, 0.3) is 83.1 Å². The van der Waals surface area contributed by atoms with Crippen LogP contribution < -0.4 is 4.90 Å². The van der Waals surface area contributed by atoms with E-state index in [0.29, 0.717) is 0 Å². The zero-order chi connectivity index (χ0) is 41.2. The second kappa shape index (κ2) is 16.1. The molecule has 0 radical (unpaired) electrons. The lowest BCUT2D eigenvalue weighted by molar-refractivity contribution is 1.18. The van der Waals surface area contributed by atoms with Gasteiger partial charge < -0.3 is 9.47 Å². The summed E-state index contributed by atoms with van der Waals surface area (Å²) in [5.41, 5.74) is 18.7. The predicted octanol–water partition coefficient (Wildman–Crippen LogP) is 16.6. The number of nitrogens with zero attached hydrogens (tertiary/aromatic N) is 2. The fourth-order valence-electron chi connectivity index (χ4n) is 8.94. The summed E-state index contributed by atoms with van der Waals surface area (Å²) in [4.78, 5) is 2.38. The molecule has 0 aliphatic rings. The monoisotopic (exact) mass is 790 g/mol. The van der Waals surface area contributed by atoms with Crippen molar-refractivity contribution in [3.05, 3.63) is 255 Å². The van der Waals surface area contributed by atoms with E-state index >= 15 is 0 Å². The lowest BCUT2D eigenvalue weighted by atomic mass is 9.92. The van der Waals surface area contributed by atoms with E-state index in [9.17, 15) is 0 Å². The molecular weight excluding hydrogens is 749 g/mol. The lowest BCUT2D eigenvalue weighted by Crippen LogP contribution is -2.10. The first-order chi connectivity index (χ1) is 30.7. The lowest BCUT2D eigenvalue weighted by Gasteiger charge is -2.27. The van der Waals surface area contributed by atoms with E-state index < -0.39 is 0 Å². The molecule has 0 N–H and O–H groups in total. The molecule has 2 nitrogen and oxygen atoms in total. The van der Waals surface area contributed by atoms with Crippen molar-refractivity contribution in [1.82, 2.24) is 4.57 Å². The van der Waals surface area contributed by atoms with Crippen molar-refractivity contribution in [2.45, 2.75) is 0 Å². The van der Waals surface area contributed by atoms with Crippen molar-refractivity contribution >= 4 is 38.9 Å². The molecule has 0 unspecified atom stereocenters. The molecule has 1 aromatic heterocycles. The summed E-state index contributed by atoms with van der Waals surface area (Å²) in [5.74, 6) is 0. The summed E-state index contributed by atoms with van der Waals surface area (Å²) in [6.07, 6.45) is 0. The van der Waals surface area contributed by atoms with Crippen LogP contribution in [0.4, 0.5) is 17.1 Å². The third kappa shape index (κ3) is 6.94. The van der Waals surface area contributed by atoms with Crippen molar-refractivity contribution in [1.29, 1.82) is 0 Å². The molecule has 10 aromatic carbocycles. The van der Waals surface area contributed by atoms with Gasteiger partial charge in [0.05, 0.1) is 11.0 Å². The van der Waals surface area contributed by atoms with Gasteiger partial charge in [-0.1, -0.05) is 188 Å². The van der Waals surface area contributed by atoms with Crippen LogP contribution in [-0.2, 0) is 0 Å². The Bertz CT molecular complexity index is 3280. The summed E-state index contributed by atoms with van der Waals surface area (Å²) in [6, 6.07) is 92.0. The molecule has 292 valence electrons. The molecule has 11 aromatic rings. The van der Waals surface area contributed by atoms with Gasteiger partial charge in [0.1, 0.15) is 0 Å². The van der Waals surface area contributed by atoms with E-state index in [1.807, 2.05) is 0 Å². The molecule has 0 amide bonds. The Labute approximate surface area is 362 Å². The topological polar surface area (TPSA) is 8.17 Å². The second-order valence-corrected chi connectivity index (χ2v) is 15.8. The van der Waals surface area contributed by atoms with Crippen LogP contribution in [0.1, 0.15) is 0 Å². The third-order valence-corrected chi connectivity index (χ3v) is 12.0. The van der Waals surface area contributed by atoms with Crippen molar-refractivity contribution in [2.24, 2.45) is 0 Å². The molecule has 0 fully saturated rings. The molecule has 11 rings (SSSR count). The minimum Gasteiger partial charge on any atom is -0.310 e. The average Bonchev–Trinajstić information content (AvgIpc) is 3.69. The largest absolute Gasteiger partial charge is 0.310 e. The average molecular weight is 791 g/mol. The Morgan fingerprint density at radius 3 is 1.19 bits per heavy atom. The zero-order valence-electron chi connectivity index (χ0n) is 34.1. The van der Waals surface area contributed by atoms with Crippen LogP contribution in [-0.4, -0.2) is 4.57 Å². The van der Waals surface area contributed by atoms with Crippen molar-refractivity contribution in [3.8, 4) is 61.3 Å². The fraction of sp³-hybridized carbons (Fsp3) is 0. The minimum atomic E-state index is 1.08. The number of para-hydroxylation sites is 2. The van der Waals surface area contributed by atoms with E-state index in [4.69, 9.17) is 0 Å². The van der Waals surface area contributed by atoms with Gasteiger partial charge in [0, 0.05) is 33.5 Å². The van der Waals surface area contributed by atoms with Crippen LogP contribution >= 0.6 is 0 Å². The normalized spacial score (nSPS) is 11.2. The summed E-state index contributed by atoms with van der Waals surface area (Å²) < 4.78 is 2.38. The van der Waals surface area contributed by atoms with E-state index in [1.165, 1.54) is 77.4 Å². The highest BCUT2D eigenvalue weighted by molar-refractivity contribution is 6.11. The number of hydrogen-bond acceptors (Lipinski definition) is 1. The summed E-state index contributed by atoms with van der Waals surface area (Å²) in [6.45, 7) is 0. The number of anilines is 3. The van der Waals surface area contributed by atoms with Gasteiger partial charge in [-0.25, -0.2) is 0 Å². The van der Waals surface area contributed by atoms with Gasteiger partial charge in [-0.05, 0) is 122 Å². The highest BCUT2D eigenvalue weighted by atomic mass is 15.1. The maximum atomic E-state index is 2.38. The number of rotatable bonds is 9. The molecule has 1 heterocycles. The van der Waals surface area contributed by atoms with Crippen LogP contribution in [0.5, 0.6) is 0 Å². The van der Waals surface area contributed by atoms with E-state index in [0.717, 1.165) is 22.7 Å². The predicted molar refractivity (Wildman–Crippen MR) is 263 cm³/mol. The third-order valence-electron chi connectivity index (χ3n) is 12.0. The molecule has 0 aliphatic carbocycles. The molecule has 2 heteroatoms. The first kappa shape index (κ1) is 36.8. The van der Waals surface area contributed by atoms with Crippen molar-refractivity contribution < 1.29 is 0 Å². The molecule has 62 heavy (non-hydrogen) atoms. The van der Waals surface area contributed by atoms with E-state index in [2.05, 4.69) is 264 Å². The maximum Gasteiger partial charge on any atom is 0.0541 e. The molecule has 0 bridgehead atoms. The Kier molecular flexibility index (Phi) is 9.57. The molecular formula is C60H42N2. The van der Waals surface area contributed by atoms with Crippen LogP contribution in [0.15, 0.2) is 255 Å². The van der Waals surface area contributed by atoms with Crippen molar-refractivity contribution in [3.63, 3.8) is 0 Å². The second-order valence-electron chi connectivity index (χ2n) is 15.8. The highest BCUT2D eigenvalue weighted by Crippen LogP contribution is 2.43. The Morgan fingerprint density at radius 1 is 0.242 bits per heavy atom. The van der Waals surface area contributed by atoms with Crippen LogP contribution in [0.3, 0.4) is 0 Å². The Balaban J connectivity index is 1.03.